The molecule has 0 heterocycles. The van der Waals surface area contributed by atoms with E-state index in [4.69, 9.17) is 0 Å². The minimum atomic E-state index is -0.135. The molecule has 0 aromatic heterocycles. The average Bonchev–Trinajstić information content (AvgIpc) is 2.27. The van der Waals surface area contributed by atoms with Gasteiger partial charge < -0.3 is 4.90 Å². The Balaban J connectivity index is 2.71. The molecule has 0 saturated carbocycles. The summed E-state index contributed by atoms with van der Waals surface area (Å²) in [5.41, 5.74) is 1.07. The van der Waals surface area contributed by atoms with E-state index in [-0.39, 0.29) is 24.2 Å². The number of amides is 1. The summed E-state index contributed by atoms with van der Waals surface area (Å²) < 4.78 is 0. The van der Waals surface area contributed by atoms with Crippen molar-refractivity contribution in [2.75, 3.05) is 7.05 Å². The van der Waals surface area contributed by atoms with Crippen LogP contribution >= 0.6 is 0 Å². The zero-order chi connectivity index (χ0) is 12.1. The van der Waals surface area contributed by atoms with Gasteiger partial charge in [0.25, 0.3) is 0 Å². The highest BCUT2D eigenvalue weighted by Crippen LogP contribution is 2.18. The van der Waals surface area contributed by atoms with Gasteiger partial charge in [-0.15, -0.1) is 0 Å². The van der Waals surface area contributed by atoms with Gasteiger partial charge in [-0.3, -0.25) is 9.59 Å². The molecule has 0 unspecified atom stereocenters. The molecule has 0 aliphatic carbocycles. The van der Waals surface area contributed by atoms with E-state index < -0.39 is 0 Å². The lowest BCUT2D eigenvalue weighted by molar-refractivity contribution is -0.135. The van der Waals surface area contributed by atoms with E-state index in [2.05, 4.69) is 0 Å². The fourth-order valence-electron chi connectivity index (χ4n) is 1.51. The fraction of sp³-hybridized carbons (Fsp3) is 0.385. The topological polar surface area (TPSA) is 37.4 Å². The number of Topliss-reactive ketones (excluding diaryl/α,β-unsaturated/α-hetero) is 1. The molecule has 0 spiro atoms. The predicted molar refractivity (Wildman–Crippen MR) is 62.9 cm³/mol. The summed E-state index contributed by atoms with van der Waals surface area (Å²) in [5.74, 6) is -0.235. The first-order valence-corrected chi connectivity index (χ1v) is 5.32. The highest BCUT2D eigenvalue weighted by atomic mass is 16.2. The van der Waals surface area contributed by atoms with E-state index in [9.17, 15) is 9.59 Å². The van der Waals surface area contributed by atoms with Gasteiger partial charge in [-0.1, -0.05) is 30.3 Å². The molecular formula is C13H17NO2. The fourth-order valence-corrected chi connectivity index (χ4v) is 1.51. The van der Waals surface area contributed by atoms with Gasteiger partial charge in [0.2, 0.25) is 5.91 Å². The van der Waals surface area contributed by atoms with E-state index in [1.54, 1.807) is 11.9 Å². The minimum Gasteiger partial charge on any atom is -0.339 e. The summed E-state index contributed by atoms with van der Waals surface area (Å²) in [6, 6.07) is 9.76. The number of benzene rings is 1. The Morgan fingerprint density at radius 2 is 1.81 bits per heavy atom. The Labute approximate surface area is 96.1 Å². The second-order valence-corrected chi connectivity index (χ2v) is 3.97. The third-order valence-electron chi connectivity index (χ3n) is 2.66. The second kappa shape index (κ2) is 5.45. The largest absolute Gasteiger partial charge is 0.339 e. The Hall–Kier alpha value is -1.64. The van der Waals surface area contributed by atoms with Crippen molar-refractivity contribution in [2.45, 2.75) is 26.3 Å². The lowest BCUT2D eigenvalue weighted by Gasteiger charge is -2.25. The summed E-state index contributed by atoms with van der Waals surface area (Å²) in [6.45, 7) is 3.38. The van der Waals surface area contributed by atoms with Crippen molar-refractivity contribution < 1.29 is 9.59 Å². The molecule has 16 heavy (non-hydrogen) atoms. The van der Waals surface area contributed by atoms with Crippen molar-refractivity contribution >= 4 is 11.7 Å². The van der Waals surface area contributed by atoms with E-state index in [0.29, 0.717) is 0 Å². The molecule has 1 aromatic rings. The lowest BCUT2D eigenvalue weighted by atomic mass is 10.1. The summed E-state index contributed by atoms with van der Waals surface area (Å²) in [7, 11) is 1.73. The van der Waals surface area contributed by atoms with Gasteiger partial charge >= 0.3 is 0 Å². The number of carbonyl (C=O) groups excluding carboxylic acids is 2. The number of nitrogens with zero attached hydrogens (tertiary/aromatic N) is 1. The first kappa shape index (κ1) is 12.4. The van der Waals surface area contributed by atoms with Crippen LogP contribution < -0.4 is 0 Å². The van der Waals surface area contributed by atoms with Gasteiger partial charge in [-0.25, -0.2) is 0 Å². The first-order valence-electron chi connectivity index (χ1n) is 5.32. The molecule has 0 fully saturated rings. The molecule has 1 amide bonds. The average molecular weight is 219 g/mol. The van der Waals surface area contributed by atoms with E-state index in [1.165, 1.54) is 6.92 Å². The zero-order valence-corrected chi connectivity index (χ0v) is 9.93. The molecule has 0 saturated heterocycles. The van der Waals surface area contributed by atoms with Crippen LogP contribution in [0.15, 0.2) is 30.3 Å². The molecule has 3 nitrogen and oxygen atoms in total. The van der Waals surface area contributed by atoms with Crippen LogP contribution in [-0.2, 0) is 9.59 Å². The van der Waals surface area contributed by atoms with Gasteiger partial charge in [0.15, 0.2) is 0 Å². The normalized spacial score (nSPS) is 11.9. The quantitative estimate of drug-likeness (QED) is 0.728. The summed E-state index contributed by atoms with van der Waals surface area (Å²) in [4.78, 5) is 24.2. The molecule has 86 valence electrons. The van der Waals surface area contributed by atoms with E-state index in [0.717, 1.165) is 5.56 Å². The molecule has 1 rings (SSSR count). The van der Waals surface area contributed by atoms with Crippen LogP contribution in [0.25, 0.3) is 0 Å². The Morgan fingerprint density at radius 1 is 1.25 bits per heavy atom. The SMILES string of the molecule is CC(=O)CC(=O)N(C)[C@H](C)c1ccccc1. The molecule has 0 N–H and O–H groups in total. The van der Waals surface area contributed by atoms with Crippen LogP contribution in [0.1, 0.15) is 31.9 Å². The van der Waals surface area contributed by atoms with Crippen LogP contribution in [0.3, 0.4) is 0 Å². The maximum Gasteiger partial charge on any atom is 0.230 e. The third kappa shape index (κ3) is 3.19. The van der Waals surface area contributed by atoms with Gasteiger partial charge in [0.05, 0.1) is 12.5 Å². The van der Waals surface area contributed by atoms with Gasteiger partial charge in [-0.05, 0) is 19.4 Å². The molecule has 0 aliphatic heterocycles. The predicted octanol–water partition coefficient (Wildman–Crippen LogP) is 2.19. The van der Waals surface area contributed by atoms with Crippen LogP contribution in [0, 0.1) is 0 Å². The molecule has 3 heteroatoms. The Kier molecular flexibility index (Phi) is 4.23. The van der Waals surface area contributed by atoms with Crippen LogP contribution in [0.2, 0.25) is 0 Å². The molecule has 0 aliphatic rings. The van der Waals surface area contributed by atoms with Crippen molar-refractivity contribution in [1.29, 1.82) is 0 Å². The van der Waals surface area contributed by atoms with Gasteiger partial charge in [0, 0.05) is 7.05 Å². The van der Waals surface area contributed by atoms with Crippen molar-refractivity contribution in [1.82, 2.24) is 4.90 Å². The maximum atomic E-state index is 11.7. The minimum absolute atomic E-state index is 0.00644. The monoisotopic (exact) mass is 219 g/mol. The molecule has 1 aromatic carbocycles. The van der Waals surface area contributed by atoms with Crippen LogP contribution in [0.4, 0.5) is 0 Å². The number of rotatable bonds is 4. The Bertz CT molecular complexity index is 373. The highest BCUT2D eigenvalue weighted by molar-refractivity contribution is 5.96. The van der Waals surface area contributed by atoms with Crippen LogP contribution in [-0.4, -0.2) is 23.6 Å². The molecular weight excluding hydrogens is 202 g/mol. The maximum absolute atomic E-state index is 11.7. The number of hydrogen-bond donors (Lipinski definition) is 0. The second-order valence-electron chi connectivity index (χ2n) is 3.97. The summed E-state index contributed by atoms with van der Waals surface area (Å²) in [6.07, 6.45) is -0.0202. The number of carbonyl (C=O) groups is 2. The summed E-state index contributed by atoms with van der Waals surface area (Å²) in [5, 5.41) is 0. The molecule has 1 atom stereocenters. The van der Waals surface area contributed by atoms with Crippen molar-refractivity contribution in [3.05, 3.63) is 35.9 Å². The number of hydrogen-bond acceptors (Lipinski definition) is 2. The van der Waals surface area contributed by atoms with Crippen LogP contribution in [0.5, 0.6) is 0 Å². The lowest BCUT2D eigenvalue weighted by Crippen LogP contribution is -2.30. The van der Waals surface area contributed by atoms with Gasteiger partial charge in [0.1, 0.15) is 5.78 Å². The molecule has 0 bridgehead atoms. The first-order chi connectivity index (χ1) is 7.52. The van der Waals surface area contributed by atoms with E-state index in [1.807, 2.05) is 37.3 Å². The zero-order valence-electron chi connectivity index (χ0n) is 9.93. The van der Waals surface area contributed by atoms with Crippen molar-refractivity contribution in [3.63, 3.8) is 0 Å². The number of ketones is 1. The smallest absolute Gasteiger partial charge is 0.230 e. The van der Waals surface area contributed by atoms with Gasteiger partial charge in [-0.2, -0.15) is 0 Å². The third-order valence-corrected chi connectivity index (χ3v) is 2.66. The van der Waals surface area contributed by atoms with E-state index >= 15 is 0 Å². The standard InChI is InChI=1S/C13H17NO2/c1-10(15)9-13(16)14(3)11(2)12-7-5-4-6-8-12/h4-8,11H,9H2,1-3H3/t11-/m1/s1. The Morgan fingerprint density at radius 3 is 2.31 bits per heavy atom. The highest BCUT2D eigenvalue weighted by Gasteiger charge is 2.17. The molecule has 0 radical (unpaired) electrons. The van der Waals surface area contributed by atoms with Crippen molar-refractivity contribution in [3.8, 4) is 0 Å². The summed E-state index contributed by atoms with van der Waals surface area (Å²) >= 11 is 0. The van der Waals surface area contributed by atoms with Crippen molar-refractivity contribution in [2.24, 2.45) is 0 Å².